The number of carbonyl (C=O) groups excluding carboxylic acids is 2. The molecule has 3 aromatic rings. The lowest BCUT2D eigenvalue weighted by molar-refractivity contribution is 0.0529. The van der Waals surface area contributed by atoms with Crippen LogP contribution in [0.15, 0.2) is 30.3 Å². The van der Waals surface area contributed by atoms with Crippen LogP contribution in [0.4, 0.5) is 0 Å². The number of aryl methyl sites for hydroxylation is 3. The van der Waals surface area contributed by atoms with Gasteiger partial charge in [-0.05, 0) is 44.0 Å². The van der Waals surface area contributed by atoms with Gasteiger partial charge < -0.3 is 9.80 Å². The quantitative estimate of drug-likeness (QED) is 0.680. The Morgan fingerprint density at radius 3 is 2.17 bits per heavy atom. The molecule has 0 saturated carbocycles. The summed E-state index contributed by atoms with van der Waals surface area (Å²) in [7, 11) is 0. The number of nitrogens with zero attached hydrogens (tertiary/aromatic N) is 6. The molecule has 0 bridgehead atoms. The molecule has 1 saturated heterocycles. The lowest BCUT2D eigenvalue weighted by Crippen LogP contribution is -2.50. The van der Waals surface area contributed by atoms with Crippen molar-refractivity contribution in [2.24, 2.45) is 0 Å². The summed E-state index contributed by atoms with van der Waals surface area (Å²) in [6, 6.07) is 9.61. The van der Waals surface area contributed by atoms with E-state index in [0.29, 0.717) is 37.5 Å². The second-order valence-electron chi connectivity index (χ2n) is 7.32. The van der Waals surface area contributed by atoms with Gasteiger partial charge in [-0.25, -0.2) is 9.50 Å². The van der Waals surface area contributed by atoms with Crippen molar-refractivity contribution in [1.82, 2.24) is 29.4 Å². The Balaban J connectivity index is 1.43. The van der Waals surface area contributed by atoms with Crippen molar-refractivity contribution in [2.45, 2.75) is 27.2 Å². The fraction of sp³-hybridized carbons (Fsp3) is 0.381. The lowest BCUT2D eigenvalue weighted by Gasteiger charge is -2.34. The van der Waals surface area contributed by atoms with Gasteiger partial charge in [-0.3, -0.25) is 9.59 Å². The van der Waals surface area contributed by atoms with E-state index in [0.717, 1.165) is 17.8 Å². The Morgan fingerprint density at radius 2 is 1.55 bits per heavy atom. The van der Waals surface area contributed by atoms with Crippen molar-refractivity contribution in [1.29, 1.82) is 0 Å². The first-order valence-electron chi connectivity index (χ1n) is 9.84. The smallest absolute Gasteiger partial charge is 0.293 e. The Morgan fingerprint density at radius 1 is 0.931 bits per heavy atom. The number of amides is 2. The van der Waals surface area contributed by atoms with Crippen LogP contribution in [0.2, 0.25) is 0 Å². The van der Waals surface area contributed by atoms with Crippen LogP contribution in [-0.2, 0) is 6.42 Å². The minimum absolute atomic E-state index is 0.000840. The predicted molar refractivity (Wildman–Crippen MR) is 108 cm³/mol. The van der Waals surface area contributed by atoms with Gasteiger partial charge in [0.05, 0.1) is 0 Å². The maximum atomic E-state index is 12.8. The van der Waals surface area contributed by atoms with Crippen LogP contribution in [0, 0.1) is 13.8 Å². The number of hydrogen-bond acceptors (Lipinski definition) is 5. The van der Waals surface area contributed by atoms with E-state index in [1.165, 1.54) is 5.56 Å². The molecule has 4 rings (SSSR count). The van der Waals surface area contributed by atoms with E-state index in [4.69, 9.17) is 0 Å². The Bertz CT molecular complexity index is 1060. The molecular weight excluding hydrogens is 368 g/mol. The highest BCUT2D eigenvalue weighted by molar-refractivity contribution is 5.95. The molecule has 0 aliphatic carbocycles. The van der Waals surface area contributed by atoms with E-state index in [1.807, 2.05) is 44.2 Å². The third kappa shape index (κ3) is 3.70. The molecule has 29 heavy (non-hydrogen) atoms. The zero-order chi connectivity index (χ0) is 20.5. The molecule has 0 spiro atoms. The van der Waals surface area contributed by atoms with Crippen LogP contribution < -0.4 is 0 Å². The number of piperazine rings is 1. The largest absolute Gasteiger partial charge is 0.335 e. The van der Waals surface area contributed by atoms with Gasteiger partial charge in [-0.1, -0.05) is 19.1 Å². The van der Waals surface area contributed by atoms with Gasteiger partial charge in [0.25, 0.3) is 17.6 Å². The molecule has 1 aliphatic heterocycles. The summed E-state index contributed by atoms with van der Waals surface area (Å²) in [5.41, 5.74) is 3.60. The fourth-order valence-corrected chi connectivity index (χ4v) is 3.58. The molecule has 8 nitrogen and oxygen atoms in total. The van der Waals surface area contributed by atoms with Gasteiger partial charge in [-0.2, -0.15) is 4.98 Å². The normalized spacial score (nSPS) is 14.4. The number of aromatic nitrogens is 4. The SMILES string of the molecule is CCc1ccc(C(=O)N2CCN(C(=O)c3nc4nc(C)cc(C)n4n3)CC2)cc1. The van der Waals surface area contributed by atoms with Crippen LogP contribution in [0.3, 0.4) is 0 Å². The van der Waals surface area contributed by atoms with Crippen LogP contribution in [-0.4, -0.2) is 67.4 Å². The Kier molecular flexibility index (Phi) is 5.00. The van der Waals surface area contributed by atoms with Gasteiger partial charge in [0, 0.05) is 43.1 Å². The third-order valence-corrected chi connectivity index (χ3v) is 5.27. The first-order chi connectivity index (χ1) is 14.0. The summed E-state index contributed by atoms with van der Waals surface area (Å²) in [4.78, 5) is 37.7. The van der Waals surface area contributed by atoms with Crippen molar-refractivity contribution < 1.29 is 9.59 Å². The summed E-state index contributed by atoms with van der Waals surface area (Å²) >= 11 is 0. The van der Waals surface area contributed by atoms with E-state index in [-0.39, 0.29) is 17.6 Å². The molecule has 8 heteroatoms. The first kappa shape index (κ1) is 19.0. The molecule has 1 fully saturated rings. The third-order valence-electron chi connectivity index (χ3n) is 5.27. The van der Waals surface area contributed by atoms with E-state index in [2.05, 4.69) is 22.0 Å². The van der Waals surface area contributed by atoms with Gasteiger partial charge in [-0.15, -0.1) is 5.10 Å². The summed E-state index contributed by atoms with van der Waals surface area (Å²) in [5.74, 6) is 0.337. The summed E-state index contributed by atoms with van der Waals surface area (Å²) < 4.78 is 1.58. The predicted octanol–water partition coefficient (Wildman–Crippen LogP) is 1.90. The molecule has 1 aliphatic rings. The van der Waals surface area contributed by atoms with Crippen LogP contribution in [0.1, 0.15) is 44.9 Å². The molecule has 2 aromatic heterocycles. The molecule has 0 N–H and O–H groups in total. The molecule has 0 unspecified atom stereocenters. The van der Waals surface area contributed by atoms with Crippen molar-refractivity contribution in [2.75, 3.05) is 26.2 Å². The van der Waals surface area contributed by atoms with Crippen molar-refractivity contribution >= 4 is 17.6 Å². The second-order valence-corrected chi connectivity index (χ2v) is 7.32. The van der Waals surface area contributed by atoms with Crippen LogP contribution in [0.5, 0.6) is 0 Å². The molecule has 150 valence electrons. The minimum Gasteiger partial charge on any atom is -0.335 e. The van der Waals surface area contributed by atoms with Crippen molar-refractivity contribution in [3.63, 3.8) is 0 Å². The summed E-state index contributed by atoms with van der Waals surface area (Å²) in [6.45, 7) is 7.77. The highest BCUT2D eigenvalue weighted by atomic mass is 16.2. The molecule has 0 atom stereocenters. The van der Waals surface area contributed by atoms with Gasteiger partial charge >= 0.3 is 0 Å². The van der Waals surface area contributed by atoms with Crippen molar-refractivity contribution in [3.05, 3.63) is 58.7 Å². The number of fused-ring (bicyclic) bond motifs is 1. The van der Waals surface area contributed by atoms with Gasteiger partial charge in [0.15, 0.2) is 0 Å². The average molecular weight is 392 g/mol. The second kappa shape index (κ2) is 7.62. The topological polar surface area (TPSA) is 83.7 Å². The number of benzene rings is 1. The zero-order valence-electron chi connectivity index (χ0n) is 16.9. The maximum absolute atomic E-state index is 12.8. The molecule has 0 radical (unpaired) electrons. The zero-order valence-corrected chi connectivity index (χ0v) is 16.9. The van der Waals surface area contributed by atoms with E-state index in [1.54, 1.807) is 14.3 Å². The number of rotatable bonds is 3. The van der Waals surface area contributed by atoms with E-state index < -0.39 is 0 Å². The van der Waals surface area contributed by atoms with E-state index in [9.17, 15) is 9.59 Å². The minimum atomic E-state index is -0.230. The lowest BCUT2D eigenvalue weighted by atomic mass is 10.1. The Hall–Kier alpha value is -3.29. The van der Waals surface area contributed by atoms with Crippen LogP contribution >= 0.6 is 0 Å². The molecule has 2 amide bonds. The standard InChI is InChI=1S/C21H24N6O2/c1-4-16-5-7-17(8-6-16)19(28)25-9-11-26(12-10-25)20(29)18-23-21-22-14(2)13-15(3)27(21)24-18/h5-8,13H,4,9-12H2,1-3H3. The monoisotopic (exact) mass is 392 g/mol. The average Bonchev–Trinajstić information content (AvgIpc) is 3.17. The molecule has 1 aromatic carbocycles. The highest BCUT2D eigenvalue weighted by Crippen LogP contribution is 2.13. The van der Waals surface area contributed by atoms with Gasteiger partial charge in [0.1, 0.15) is 0 Å². The summed E-state index contributed by atoms with van der Waals surface area (Å²) in [6.07, 6.45) is 0.945. The highest BCUT2D eigenvalue weighted by Gasteiger charge is 2.28. The van der Waals surface area contributed by atoms with Crippen molar-refractivity contribution in [3.8, 4) is 0 Å². The molecule has 3 heterocycles. The maximum Gasteiger partial charge on any atom is 0.293 e. The number of carbonyl (C=O) groups is 2. The Labute approximate surface area is 169 Å². The first-order valence-corrected chi connectivity index (χ1v) is 9.84. The van der Waals surface area contributed by atoms with E-state index >= 15 is 0 Å². The fourth-order valence-electron chi connectivity index (χ4n) is 3.58. The molecular formula is C21H24N6O2. The summed E-state index contributed by atoms with van der Waals surface area (Å²) in [5, 5.41) is 4.32. The van der Waals surface area contributed by atoms with Crippen LogP contribution in [0.25, 0.3) is 5.78 Å². The van der Waals surface area contributed by atoms with Gasteiger partial charge in [0.2, 0.25) is 5.82 Å². The number of hydrogen-bond donors (Lipinski definition) is 0.